The molecule has 0 saturated carbocycles. The summed E-state index contributed by atoms with van der Waals surface area (Å²) in [5, 5.41) is 3.70. The lowest BCUT2D eigenvalue weighted by Gasteiger charge is -2.20. The van der Waals surface area contributed by atoms with Crippen molar-refractivity contribution in [3.05, 3.63) is 29.3 Å². The zero-order valence-corrected chi connectivity index (χ0v) is 18.7. The first-order valence-corrected chi connectivity index (χ1v) is 11.5. The molecule has 2 aromatic rings. The van der Waals surface area contributed by atoms with Crippen molar-refractivity contribution in [1.82, 2.24) is 19.7 Å². The van der Waals surface area contributed by atoms with Crippen LogP contribution in [0.15, 0.2) is 28.3 Å². The van der Waals surface area contributed by atoms with E-state index in [1.54, 1.807) is 19.1 Å². The van der Waals surface area contributed by atoms with Crippen LogP contribution >= 0.6 is 11.8 Å². The molecule has 0 unspecified atom stereocenters. The van der Waals surface area contributed by atoms with E-state index in [1.807, 2.05) is 40.0 Å². The van der Waals surface area contributed by atoms with Gasteiger partial charge in [0.15, 0.2) is 5.16 Å². The molecule has 0 amide bonds. The predicted octanol–water partition coefficient (Wildman–Crippen LogP) is 2.78. The van der Waals surface area contributed by atoms with Crippen molar-refractivity contribution in [2.75, 3.05) is 24.7 Å². The van der Waals surface area contributed by atoms with Crippen LogP contribution < -0.4 is 14.8 Å². The molecular weight excluding hydrogens is 398 g/mol. The van der Waals surface area contributed by atoms with Gasteiger partial charge in [0.1, 0.15) is 6.61 Å². The molecule has 0 atom stereocenters. The lowest BCUT2D eigenvalue weighted by atomic mass is 10.1. The highest BCUT2D eigenvalue weighted by Gasteiger charge is 2.17. The average Bonchev–Trinajstić information content (AvgIpc) is 2.59. The number of sulfonamides is 1. The van der Waals surface area contributed by atoms with Crippen LogP contribution in [0.4, 0.5) is 5.95 Å². The molecule has 1 aromatic carbocycles. The number of hydrogen-bond donors (Lipinski definition) is 2. The van der Waals surface area contributed by atoms with Crippen LogP contribution in [0, 0.1) is 13.8 Å². The number of nitrogens with zero attached hydrogens (tertiary/aromatic N) is 3. The second kappa shape index (κ2) is 9.06. The summed E-state index contributed by atoms with van der Waals surface area (Å²) in [6.45, 7) is 9.81. The standard InChI is InChI=1S/C18H27N5O3S2/c1-12-7-8-13(2)14(11-12)28(24,25)19-9-10-26-16-20-15(23-18(3,4)5)21-17(22-16)27-6/h7-8,11,19H,9-10H2,1-6H3,(H,20,21,22,23). The van der Waals surface area contributed by atoms with E-state index >= 15 is 0 Å². The third-order valence-corrected chi connectivity index (χ3v) is 5.67. The lowest BCUT2D eigenvalue weighted by Crippen LogP contribution is -2.29. The third-order valence-electron chi connectivity index (χ3n) is 3.52. The van der Waals surface area contributed by atoms with Gasteiger partial charge in [-0.2, -0.15) is 15.0 Å². The first-order chi connectivity index (χ1) is 13.0. The number of benzene rings is 1. The highest BCUT2D eigenvalue weighted by molar-refractivity contribution is 7.98. The van der Waals surface area contributed by atoms with Crippen molar-refractivity contribution >= 4 is 27.7 Å². The fourth-order valence-electron chi connectivity index (χ4n) is 2.28. The summed E-state index contributed by atoms with van der Waals surface area (Å²) in [5.74, 6) is 0.415. The monoisotopic (exact) mass is 425 g/mol. The first-order valence-electron chi connectivity index (χ1n) is 8.78. The summed E-state index contributed by atoms with van der Waals surface area (Å²) in [5.41, 5.74) is 1.37. The Hall–Kier alpha value is -1.91. The number of nitrogens with one attached hydrogen (secondary N) is 2. The van der Waals surface area contributed by atoms with Crippen molar-refractivity contribution in [3.8, 4) is 6.01 Å². The Kier molecular flexibility index (Phi) is 7.24. The molecule has 0 aliphatic rings. The van der Waals surface area contributed by atoms with Crippen LogP contribution in [0.2, 0.25) is 0 Å². The minimum Gasteiger partial charge on any atom is -0.462 e. The number of aromatic nitrogens is 3. The van der Waals surface area contributed by atoms with Crippen molar-refractivity contribution in [1.29, 1.82) is 0 Å². The Morgan fingerprint density at radius 3 is 2.50 bits per heavy atom. The molecule has 0 bridgehead atoms. The predicted molar refractivity (Wildman–Crippen MR) is 112 cm³/mol. The van der Waals surface area contributed by atoms with E-state index in [2.05, 4.69) is 25.0 Å². The van der Waals surface area contributed by atoms with Gasteiger partial charge in [0.25, 0.3) is 0 Å². The van der Waals surface area contributed by atoms with Gasteiger partial charge in [-0.1, -0.05) is 23.9 Å². The SMILES string of the molecule is CSc1nc(NC(C)(C)C)nc(OCCNS(=O)(=O)c2cc(C)ccc2C)n1. The summed E-state index contributed by atoms with van der Waals surface area (Å²) in [6.07, 6.45) is 1.86. The molecule has 10 heteroatoms. The highest BCUT2D eigenvalue weighted by atomic mass is 32.2. The molecule has 1 heterocycles. The minimum atomic E-state index is -3.61. The van der Waals surface area contributed by atoms with Gasteiger partial charge >= 0.3 is 6.01 Å². The van der Waals surface area contributed by atoms with Crippen LogP contribution in [0.25, 0.3) is 0 Å². The molecule has 0 aliphatic heterocycles. The average molecular weight is 426 g/mol. The smallest absolute Gasteiger partial charge is 0.322 e. The maximum atomic E-state index is 12.5. The molecular formula is C18H27N5O3S2. The van der Waals surface area contributed by atoms with Crippen molar-refractivity contribution in [3.63, 3.8) is 0 Å². The lowest BCUT2D eigenvalue weighted by molar-refractivity contribution is 0.293. The Labute approximate surface area is 171 Å². The number of anilines is 1. The Bertz CT molecular complexity index is 927. The van der Waals surface area contributed by atoms with Crippen LogP contribution in [0.3, 0.4) is 0 Å². The van der Waals surface area contributed by atoms with Crippen molar-refractivity contribution in [2.45, 2.75) is 50.2 Å². The van der Waals surface area contributed by atoms with Gasteiger partial charge in [-0.3, -0.25) is 0 Å². The molecule has 2 N–H and O–H groups in total. The van der Waals surface area contributed by atoms with Gasteiger partial charge in [0.2, 0.25) is 16.0 Å². The molecule has 0 fully saturated rings. The quantitative estimate of drug-likeness (QED) is 0.491. The molecule has 8 nitrogen and oxygen atoms in total. The van der Waals surface area contributed by atoms with E-state index in [4.69, 9.17) is 4.74 Å². The summed E-state index contributed by atoms with van der Waals surface area (Å²) in [4.78, 5) is 13.0. The summed E-state index contributed by atoms with van der Waals surface area (Å²) in [6, 6.07) is 5.47. The number of aryl methyl sites for hydroxylation is 2. The maximum Gasteiger partial charge on any atom is 0.322 e. The Morgan fingerprint density at radius 1 is 1.14 bits per heavy atom. The summed E-state index contributed by atoms with van der Waals surface area (Å²) < 4.78 is 33.1. The largest absolute Gasteiger partial charge is 0.462 e. The van der Waals surface area contributed by atoms with E-state index in [0.717, 1.165) is 5.56 Å². The highest BCUT2D eigenvalue weighted by Crippen LogP contribution is 2.18. The van der Waals surface area contributed by atoms with Gasteiger partial charge in [0.05, 0.1) is 4.90 Å². The van der Waals surface area contributed by atoms with Crippen LogP contribution in [-0.4, -0.2) is 48.3 Å². The first kappa shape index (κ1) is 22.4. The van der Waals surface area contributed by atoms with Crippen molar-refractivity contribution in [2.24, 2.45) is 0 Å². The van der Waals surface area contributed by atoms with Gasteiger partial charge in [0, 0.05) is 12.1 Å². The maximum absolute atomic E-state index is 12.5. The molecule has 0 saturated heterocycles. The zero-order valence-electron chi connectivity index (χ0n) is 17.0. The van der Waals surface area contributed by atoms with E-state index in [9.17, 15) is 8.42 Å². The Morgan fingerprint density at radius 2 is 1.86 bits per heavy atom. The second-order valence-electron chi connectivity index (χ2n) is 7.32. The van der Waals surface area contributed by atoms with Crippen LogP contribution in [-0.2, 0) is 10.0 Å². The van der Waals surface area contributed by atoms with Gasteiger partial charge < -0.3 is 10.1 Å². The van der Waals surface area contributed by atoms with E-state index in [0.29, 0.717) is 16.7 Å². The number of rotatable bonds is 8. The van der Waals surface area contributed by atoms with Crippen molar-refractivity contribution < 1.29 is 13.2 Å². The molecule has 2 rings (SSSR count). The van der Waals surface area contributed by atoms with Gasteiger partial charge in [-0.15, -0.1) is 0 Å². The fourth-order valence-corrected chi connectivity index (χ4v) is 3.97. The topological polar surface area (TPSA) is 106 Å². The molecule has 0 spiro atoms. The van der Waals surface area contributed by atoms with Crippen LogP contribution in [0.1, 0.15) is 31.9 Å². The normalized spacial score (nSPS) is 12.1. The van der Waals surface area contributed by atoms with Gasteiger partial charge in [-0.25, -0.2) is 13.1 Å². The number of ether oxygens (including phenoxy) is 1. The van der Waals surface area contributed by atoms with E-state index in [-0.39, 0.29) is 29.6 Å². The summed E-state index contributed by atoms with van der Waals surface area (Å²) in [7, 11) is -3.61. The minimum absolute atomic E-state index is 0.0941. The molecule has 0 radical (unpaired) electrons. The molecule has 0 aliphatic carbocycles. The van der Waals surface area contributed by atoms with E-state index in [1.165, 1.54) is 11.8 Å². The fraction of sp³-hybridized carbons (Fsp3) is 0.500. The molecule has 154 valence electrons. The van der Waals surface area contributed by atoms with E-state index < -0.39 is 10.0 Å². The zero-order chi connectivity index (χ0) is 20.9. The molecule has 28 heavy (non-hydrogen) atoms. The third kappa shape index (κ3) is 6.61. The second-order valence-corrected chi connectivity index (χ2v) is 9.83. The van der Waals surface area contributed by atoms with Crippen LogP contribution in [0.5, 0.6) is 6.01 Å². The summed E-state index contributed by atoms with van der Waals surface area (Å²) >= 11 is 1.37. The molecule has 1 aromatic heterocycles. The number of hydrogen-bond acceptors (Lipinski definition) is 8. The van der Waals surface area contributed by atoms with Gasteiger partial charge in [-0.05, 0) is 58.1 Å². The Balaban J connectivity index is 2.01. The number of thioether (sulfide) groups is 1.